The maximum absolute atomic E-state index is 12.8. The number of ketones is 1. The number of para-hydroxylation sites is 1. The molecule has 3 N–H and O–H groups in total. The Balaban J connectivity index is 1.46. The number of benzene rings is 1. The van der Waals surface area contributed by atoms with Crippen molar-refractivity contribution in [3.05, 3.63) is 35.5 Å². The van der Waals surface area contributed by atoms with Gasteiger partial charge in [-0.1, -0.05) is 31.5 Å². The molecule has 2 fully saturated rings. The molecule has 4 atom stereocenters. The Morgan fingerprint density at radius 3 is 2.79 bits per heavy atom. The predicted molar refractivity (Wildman–Crippen MR) is 107 cm³/mol. The molecule has 2 heterocycles. The molecule has 2 aromatic rings. The maximum atomic E-state index is 12.8. The molecule has 1 aromatic heterocycles. The van der Waals surface area contributed by atoms with Crippen LogP contribution in [0.25, 0.3) is 10.9 Å². The molecule has 4 unspecified atom stereocenters. The van der Waals surface area contributed by atoms with E-state index in [1.54, 1.807) is 0 Å². The van der Waals surface area contributed by atoms with E-state index < -0.39 is 11.7 Å². The van der Waals surface area contributed by atoms with Gasteiger partial charge in [0.1, 0.15) is 0 Å². The number of carbonyl (C=O) groups excluding carboxylic acids is 3. The molecule has 148 valence electrons. The smallest absolute Gasteiger partial charge is 0.292 e. The number of hydrogen-bond acceptors (Lipinski definition) is 3. The molecule has 1 aliphatic carbocycles. The average Bonchev–Trinajstić information content (AvgIpc) is 3.01. The van der Waals surface area contributed by atoms with Gasteiger partial charge in [-0.15, -0.1) is 0 Å². The largest absolute Gasteiger partial charge is 0.358 e. The molecule has 0 radical (unpaired) electrons. The van der Waals surface area contributed by atoms with Crippen LogP contribution in [-0.4, -0.2) is 34.7 Å². The highest BCUT2D eigenvalue weighted by atomic mass is 16.2. The van der Waals surface area contributed by atoms with E-state index in [1.165, 1.54) is 0 Å². The van der Waals surface area contributed by atoms with Crippen LogP contribution in [0.1, 0.15) is 55.1 Å². The Labute approximate surface area is 164 Å². The Morgan fingerprint density at radius 2 is 2.00 bits per heavy atom. The summed E-state index contributed by atoms with van der Waals surface area (Å²) in [7, 11) is 0. The van der Waals surface area contributed by atoms with Gasteiger partial charge in [-0.2, -0.15) is 0 Å². The summed E-state index contributed by atoms with van der Waals surface area (Å²) < 4.78 is 0. The van der Waals surface area contributed by atoms with E-state index in [-0.39, 0.29) is 18.0 Å². The predicted octanol–water partition coefficient (Wildman–Crippen LogP) is 2.86. The van der Waals surface area contributed by atoms with Crippen LogP contribution in [-0.2, 0) is 9.59 Å². The number of aromatic nitrogens is 1. The minimum atomic E-state index is -0.564. The number of aryl methyl sites for hydroxylation is 1. The lowest BCUT2D eigenvalue weighted by Crippen LogP contribution is -2.55. The van der Waals surface area contributed by atoms with Gasteiger partial charge in [0.2, 0.25) is 5.91 Å². The molecule has 2 aliphatic rings. The molecule has 1 aromatic carbocycles. The SMILES string of the molecule is CCC1CC(=O)NC2CC(NC(=O)C(=O)c3c(C)[nH]c4ccccc34)CCC12. The number of hydrogen-bond donors (Lipinski definition) is 3. The van der Waals surface area contributed by atoms with E-state index in [1.807, 2.05) is 31.2 Å². The van der Waals surface area contributed by atoms with Gasteiger partial charge in [0.25, 0.3) is 11.7 Å². The van der Waals surface area contributed by atoms with Crippen LogP contribution < -0.4 is 10.6 Å². The molecule has 0 bridgehead atoms. The topological polar surface area (TPSA) is 91.1 Å². The third-order valence-corrected chi connectivity index (χ3v) is 6.49. The van der Waals surface area contributed by atoms with Crippen LogP contribution in [0, 0.1) is 18.8 Å². The number of H-pyrrole nitrogens is 1. The molecule has 1 aliphatic heterocycles. The van der Waals surface area contributed by atoms with Gasteiger partial charge in [0.05, 0.1) is 5.56 Å². The lowest BCUT2D eigenvalue weighted by Gasteiger charge is -2.43. The maximum Gasteiger partial charge on any atom is 0.292 e. The van der Waals surface area contributed by atoms with E-state index in [2.05, 4.69) is 22.5 Å². The summed E-state index contributed by atoms with van der Waals surface area (Å²) in [6, 6.07) is 7.52. The number of carbonyl (C=O) groups is 3. The highest BCUT2D eigenvalue weighted by Gasteiger charge is 2.40. The Bertz CT molecular complexity index is 932. The molecule has 1 saturated heterocycles. The minimum absolute atomic E-state index is 0.0841. The van der Waals surface area contributed by atoms with E-state index >= 15 is 0 Å². The van der Waals surface area contributed by atoms with Crippen LogP contribution in [0.5, 0.6) is 0 Å². The Morgan fingerprint density at radius 1 is 1.21 bits per heavy atom. The molecule has 1 saturated carbocycles. The highest BCUT2D eigenvalue weighted by molar-refractivity contribution is 6.45. The van der Waals surface area contributed by atoms with Crippen molar-refractivity contribution in [1.82, 2.24) is 15.6 Å². The summed E-state index contributed by atoms with van der Waals surface area (Å²) >= 11 is 0. The number of nitrogens with one attached hydrogen (secondary N) is 3. The van der Waals surface area contributed by atoms with E-state index in [0.29, 0.717) is 35.9 Å². The minimum Gasteiger partial charge on any atom is -0.358 e. The van der Waals surface area contributed by atoms with Crippen molar-refractivity contribution in [2.24, 2.45) is 11.8 Å². The van der Waals surface area contributed by atoms with Crippen LogP contribution in [0.4, 0.5) is 0 Å². The molecular formula is C22H27N3O3. The number of aromatic amines is 1. The lowest BCUT2D eigenvalue weighted by atomic mass is 9.70. The molecule has 4 rings (SSSR count). The first-order valence-corrected chi connectivity index (χ1v) is 10.2. The Hall–Kier alpha value is -2.63. The first-order valence-electron chi connectivity index (χ1n) is 10.2. The number of Topliss-reactive ketones (excluding diaryl/α,β-unsaturated/α-hetero) is 1. The zero-order chi connectivity index (χ0) is 19.8. The zero-order valence-electron chi connectivity index (χ0n) is 16.4. The van der Waals surface area contributed by atoms with Gasteiger partial charge in [0.15, 0.2) is 0 Å². The monoisotopic (exact) mass is 381 g/mol. The van der Waals surface area contributed by atoms with Gasteiger partial charge in [-0.3, -0.25) is 14.4 Å². The molecule has 6 nitrogen and oxygen atoms in total. The van der Waals surface area contributed by atoms with Crippen molar-refractivity contribution in [2.75, 3.05) is 0 Å². The third kappa shape index (κ3) is 3.32. The number of rotatable bonds is 4. The van der Waals surface area contributed by atoms with E-state index in [0.717, 1.165) is 30.2 Å². The van der Waals surface area contributed by atoms with E-state index in [4.69, 9.17) is 0 Å². The van der Waals surface area contributed by atoms with Crippen molar-refractivity contribution in [3.63, 3.8) is 0 Å². The van der Waals surface area contributed by atoms with Crippen LogP contribution in [0.15, 0.2) is 24.3 Å². The summed E-state index contributed by atoms with van der Waals surface area (Å²) in [5, 5.41) is 6.79. The molecule has 2 amide bonds. The second kappa shape index (κ2) is 7.41. The van der Waals surface area contributed by atoms with Gasteiger partial charge in [-0.05, 0) is 44.1 Å². The standard InChI is InChI=1S/C22H27N3O3/c1-3-13-10-19(26)25-18-11-14(8-9-15(13)18)24-22(28)21(27)20-12(2)23-17-7-5-4-6-16(17)20/h4-7,13-15,18,23H,3,8-11H2,1-2H3,(H,24,28)(H,25,26). The normalized spacial score (nSPS) is 27.1. The van der Waals surface area contributed by atoms with Crippen LogP contribution >= 0.6 is 0 Å². The van der Waals surface area contributed by atoms with Crippen LogP contribution in [0.3, 0.4) is 0 Å². The lowest BCUT2D eigenvalue weighted by molar-refractivity contribution is -0.127. The first kappa shape index (κ1) is 18.7. The summed E-state index contributed by atoms with van der Waals surface area (Å²) in [5.74, 6) is -0.0689. The fourth-order valence-corrected chi connectivity index (χ4v) is 5.09. The number of fused-ring (bicyclic) bond motifs is 2. The van der Waals surface area contributed by atoms with Crippen molar-refractivity contribution in [1.29, 1.82) is 0 Å². The van der Waals surface area contributed by atoms with E-state index in [9.17, 15) is 14.4 Å². The molecular weight excluding hydrogens is 354 g/mol. The van der Waals surface area contributed by atoms with Crippen molar-refractivity contribution >= 4 is 28.5 Å². The van der Waals surface area contributed by atoms with Gasteiger partial charge in [0, 0.05) is 35.1 Å². The fourth-order valence-electron chi connectivity index (χ4n) is 5.09. The summed E-state index contributed by atoms with van der Waals surface area (Å²) in [4.78, 5) is 40.7. The number of piperidine rings is 1. The second-order valence-electron chi connectivity index (χ2n) is 8.19. The quantitative estimate of drug-likeness (QED) is 0.562. The summed E-state index contributed by atoms with van der Waals surface area (Å²) in [6.07, 6.45) is 4.11. The average molecular weight is 381 g/mol. The third-order valence-electron chi connectivity index (χ3n) is 6.49. The zero-order valence-corrected chi connectivity index (χ0v) is 16.4. The van der Waals surface area contributed by atoms with Crippen LogP contribution in [0.2, 0.25) is 0 Å². The highest BCUT2D eigenvalue weighted by Crippen LogP contribution is 2.37. The summed E-state index contributed by atoms with van der Waals surface area (Å²) in [5.41, 5.74) is 2.00. The van der Waals surface area contributed by atoms with Crippen molar-refractivity contribution < 1.29 is 14.4 Å². The second-order valence-corrected chi connectivity index (χ2v) is 8.19. The van der Waals surface area contributed by atoms with Gasteiger partial charge in [-0.25, -0.2) is 0 Å². The molecule has 0 spiro atoms. The van der Waals surface area contributed by atoms with Crippen molar-refractivity contribution in [2.45, 2.75) is 58.0 Å². The first-order chi connectivity index (χ1) is 13.5. The number of amides is 2. The fraction of sp³-hybridized carbons (Fsp3) is 0.500. The van der Waals surface area contributed by atoms with Gasteiger partial charge >= 0.3 is 0 Å². The summed E-state index contributed by atoms with van der Waals surface area (Å²) in [6.45, 7) is 3.95. The van der Waals surface area contributed by atoms with Gasteiger partial charge < -0.3 is 15.6 Å². The molecule has 6 heteroatoms. The Kier molecular flexibility index (Phi) is 4.96. The van der Waals surface area contributed by atoms with Crippen molar-refractivity contribution in [3.8, 4) is 0 Å². The molecule has 28 heavy (non-hydrogen) atoms.